The quantitative estimate of drug-likeness (QED) is 0.758. The Morgan fingerprint density at radius 2 is 2.17 bits per heavy atom. The normalized spacial score (nSPS) is 22.6. The number of aryl methyl sites for hydroxylation is 2. The van der Waals surface area contributed by atoms with Crippen LogP contribution in [-0.2, 0) is 24.2 Å². The van der Waals surface area contributed by atoms with Gasteiger partial charge in [0.2, 0.25) is 5.91 Å². The average molecular weight is 247 g/mol. The molecule has 1 aliphatic heterocycles. The predicted molar refractivity (Wildman–Crippen MR) is 66.3 cm³/mol. The fourth-order valence-corrected chi connectivity index (χ4v) is 2.85. The van der Waals surface area contributed by atoms with E-state index in [1.807, 2.05) is 0 Å². The molecule has 0 N–H and O–H groups in total. The molecule has 0 bridgehead atoms. The van der Waals surface area contributed by atoms with Gasteiger partial charge in [0.1, 0.15) is 0 Å². The van der Waals surface area contributed by atoms with E-state index in [1.165, 1.54) is 4.68 Å². The minimum Gasteiger partial charge on any atom is -0.341 e. The molecule has 1 fully saturated rings. The van der Waals surface area contributed by atoms with Crippen molar-refractivity contribution in [3.8, 4) is 0 Å². The molecule has 3 rings (SSSR count). The van der Waals surface area contributed by atoms with Gasteiger partial charge in [-0.3, -0.25) is 9.59 Å². The number of carbonyl (C=O) groups is 1. The summed E-state index contributed by atoms with van der Waals surface area (Å²) in [6, 6.07) is 1.83. The molecule has 1 unspecified atom stereocenters. The van der Waals surface area contributed by atoms with Gasteiger partial charge in [-0.25, -0.2) is 4.68 Å². The van der Waals surface area contributed by atoms with Gasteiger partial charge in [-0.15, -0.1) is 0 Å². The van der Waals surface area contributed by atoms with Crippen LogP contribution in [0.1, 0.15) is 30.5 Å². The number of aromatic nitrogens is 2. The molecule has 0 spiro atoms. The van der Waals surface area contributed by atoms with Crippen molar-refractivity contribution >= 4 is 5.91 Å². The molecule has 1 saturated heterocycles. The molecule has 2 aliphatic rings. The summed E-state index contributed by atoms with van der Waals surface area (Å²) in [6.45, 7) is 0.522. The lowest BCUT2D eigenvalue weighted by atomic mass is 10.2. The SMILES string of the molecule is CN1C(=O)CCC1Cn1nc2c(cc1=O)CCC2. The summed E-state index contributed by atoms with van der Waals surface area (Å²) in [5.74, 6) is 0.161. The summed E-state index contributed by atoms with van der Waals surface area (Å²) in [7, 11) is 1.80. The lowest BCUT2D eigenvalue weighted by molar-refractivity contribution is -0.127. The highest BCUT2D eigenvalue weighted by molar-refractivity contribution is 5.78. The van der Waals surface area contributed by atoms with Crippen LogP contribution in [0, 0.1) is 0 Å². The Hall–Kier alpha value is -1.65. The fraction of sp³-hybridized carbons (Fsp3) is 0.615. The van der Waals surface area contributed by atoms with Crippen LogP contribution in [-0.4, -0.2) is 33.7 Å². The number of amides is 1. The van der Waals surface area contributed by atoms with Gasteiger partial charge in [0.25, 0.3) is 5.56 Å². The molecular formula is C13H17N3O2. The van der Waals surface area contributed by atoms with Crippen LogP contribution >= 0.6 is 0 Å². The zero-order chi connectivity index (χ0) is 12.7. The second-order valence-electron chi connectivity index (χ2n) is 5.19. The van der Waals surface area contributed by atoms with E-state index in [4.69, 9.17) is 0 Å². The Morgan fingerprint density at radius 3 is 2.89 bits per heavy atom. The molecule has 1 aromatic rings. The van der Waals surface area contributed by atoms with Crippen molar-refractivity contribution < 1.29 is 4.79 Å². The van der Waals surface area contributed by atoms with Gasteiger partial charge in [-0.2, -0.15) is 5.10 Å². The van der Waals surface area contributed by atoms with Crippen LogP contribution in [0.15, 0.2) is 10.9 Å². The molecule has 96 valence electrons. The molecular weight excluding hydrogens is 230 g/mol. The number of carbonyl (C=O) groups excluding carboxylic acids is 1. The van der Waals surface area contributed by atoms with Crippen LogP contribution in [0.25, 0.3) is 0 Å². The summed E-state index contributed by atoms with van der Waals surface area (Å²) < 4.78 is 1.53. The van der Waals surface area contributed by atoms with Crippen LogP contribution in [0.5, 0.6) is 0 Å². The van der Waals surface area contributed by atoms with E-state index in [9.17, 15) is 9.59 Å². The van der Waals surface area contributed by atoms with Crippen LogP contribution < -0.4 is 5.56 Å². The first-order valence-electron chi connectivity index (χ1n) is 6.51. The van der Waals surface area contributed by atoms with Crippen molar-refractivity contribution in [2.45, 2.75) is 44.7 Å². The highest BCUT2D eigenvalue weighted by Crippen LogP contribution is 2.19. The molecule has 0 aromatic carbocycles. The van der Waals surface area contributed by atoms with E-state index in [2.05, 4.69) is 5.10 Å². The van der Waals surface area contributed by atoms with Gasteiger partial charge >= 0.3 is 0 Å². The van der Waals surface area contributed by atoms with E-state index < -0.39 is 0 Å². The van der Waals surface area contributed by atoms with E-state index >= 15 is 0 Å². The highest BCUT2D eigenvalue weighted by atomic mass is 16.2. The van der Waals surface area contributed by atoms with Crippen LogP contribution in [0.3, 0.4) is 0 Å². The smallest absolute Gasteiger partial charge is 0.267 e. The molecule has 18 heavy (non-hydrogen) atoms. The minimum absolute atomic E-state index is 0.0385. The molecule has 5 heteroatoms. The van der Waals surface area contributed by atoms with E-state index in [0.717, 1.165) is 36.9 Å². The second-order valence-corrected chi connectivity index (χ2v) is 5.19. The Bertz CT molecular complexity index is 550. The molecule has 0 radical (unpaired) electrons. The van der Waals surface area contributed by atoms with Crippen molar-refractivity contribution in [2.75, 3.05) is 7.05 Å². The summed E-state index contributed by atoms with van der Waals surface area (Å²) in [4.78, 5) is 25.2. The lowest BCUT2D eigenvalue weighted by Gasteiger charge is -2.20. The largest absolute Gasteiger partial charge is 0.341 e. The standard InChI is InChI=1S/C13H17N3O2/c1-15-10(5-6-12(15)17)8-16-13(18)7-9-3-2-4-11(9)14-16/h7,10H,2-6,8H2,1H3. The topological polar surface area (TPSA) is 55.2 Å². The number of likely N-dealkylation sites (tertiary alicyclic amines) is 1. The van der Waals surface area contributed by atoms with Crippen molar-refractivity contribution in [2.24, 2.45) is 0 Å². The second kappa shape index (κ2) is 4.23. The molecule has 0 saturated carbocycles. The zero-order valence-electron chi connectivity index (χ0n) is 10.6. The van der Waals surface area contributed by atoms with E-state index in [-0.39, 0.29) is 17.5 Å². The summed E-state index contributed by atoms with van der Waals surface area (Å²) >= 11 is 0. The Kier molecular flexibility index (Phi) is 2.69. The zero-order valence-corrected chi connectivity index (χ0v) is 10.6. The van der Waals surface area contributed by atoms with E-state index in [0.29, 0.717) is 13.0 Å². The molecule has 1 aromatic heterocycles. The summed E-state index contributed by atoms with van der Waals surface area (Å²) in [5.41, 5.74) is 2.12. The number of rotatable bonds is 2. The molecule has 1 amide bonds. The van der Waals surface area contributed by atoms with Gasteiger partial charge in [-0.1, -0.05) is 0 Å². The maximum absolute atomic E-state index is 12.0. The Balaban J connectivity index is 1.85. The number of nitrogens with zero attached hydrogens (tertiary/aromatic N) is 3. The number of likely N-dealkylation sites (N-methyl/N-ethyl adjacent to an activating group) is 1. The lowest BCUT2D eigenvalue weighted by Crippen LogP contribution is -2.36. The number of fused-ring (bicyclic) bond motifs is 1. The van der Waals surface area contributed by atoms with Gasteiger partial charge in [0.15, 0.2) is 0 Å². The first-order chi connectivity index (χ1) is 8.65. The van der Waals surface area contributed by atoms with Gasteiger partial charge in [0, 0.05) is 19.5 Å². The Morgan fingerprint density at radius 1 is 1.33 bits per heavy atom. The third-order valence-corrected chi connectivity index (χ3v) is 4.04. The van der Waals surface area contributed by atoms with Gasteiger partial charge in [-0.05, 0) is 31.2 Å². The molecule has 1 aliphatic carbocycles. The van der Waals surface area contributed by atoms with Gasteiger partial charge in [0.05, 0.1) is 18.3 Å². The summed E-state index contributed by atoms with van der Waals surface area (Å²) in [6.07, 6.45) is 4.43. The molecule has 1 atom stereocenters. The van der Waals surface area contributed by atoms with Crippen LogP contribution in [0.4, 0.5) is 0 Å². The molecule has 5 nitrogen and oxygen atoms in total. The van der Waals surface area contributed by atoms with Crippen molar-refractivity contribution in [1.29, 1.82) is 0 Å². The van der Waals surface area contributed by atoms with Crippen molar-refractivity contribution in [1.82, 2.24) is 14.7 Å². The monoisotopic (exact) mass is 247 g/mol. The van der Waals surface area contributed by atoms with E-state index in [1.54, 1.807) is 18.0 Å². The fourth-order valence-electron chi connectivity index (χ4n) is 2.85. The van der Waals surface area contributed by atoms with Gasteiger partial charge < -0.3 is 4.90 Å². The first-order valence-corrected chi connectivity index (χ1v) is 6.51. The highest BCUT2D eigenvalue weighted by Gasteiger charge is 2.28. The number of hydrogen-bond acceptors (Lipinski definition) is 3. The summed E-state index contributed by atoms with van der Waals surface area (Å²) in [5, 5.41) is 4.44. The minimum atomic E-state index is -0.0385. The molecule has 2 heterocycles. The third kappa shape index (κ3) is 1.83. The van der Waals surface area contributed by atoms with Crippen molar-refractivity contribution in [3.05, 3.63) is 27.7 Å². The predicted octanol–water partition coefficient (Wildman–Crippen LogP) is 0.353. The first kappa shape index (κ1) is 11.4. The Labute approximate surface area is 105 Å². The maximum atomic E-state index is 12.0. The number of hydrogen-bond donors (Lipinski definition) is 0. The van der Waals surface area contributed by atoms with Crippen LogP contribution in [0.2, 0.25) is 0 Å². The average Bonchev–Trinajstić information content (AvgIpc) is 2.91. The maximum Gasteiger partial charge on any atom is 0.267 e. The van der Waals surface area contributed by atoms with Crippen molar-refractivity contribution in [3.63, 3.8) is 0 Å². The third-order valence-electron chi connectivity index (χ3n) is 4.04.